The standard InChI is InChI=1S/C25H40N4O6S.C25H40N4O4S/c1-17(2)11-12-29(24(33)28-25(3,4)5)14-21(30)19(13-18-9-7-6-8-10-18)27-23(32)20-15-36(34,35)16-22(31)26-20;1-17(2)11-12-29(24(33)28-25(3,4)5)14-21(30)19(13-18-9-7-6-8-10-18)27-23(32)20-15-34-16-22(31)26-20/h6-10,17,19-21,30H,11-16H2,1-5H3,(H,26,31)(H,27,32)(H,28,33);6-10,17,19-21,30H,11-16H2,1-5H3,(H,26,31)(H,27,32)(H,28,33)/t2*19-,20-,21+/m00/s1. The first kappa shape index (κ1) is 59.4. The average Bonchev–Trinajstić information content (AvgIpc) is 3.24. The lowest BCUT2D eigenvalue weighted by atomic mass is 10.00. The SMILES string of the molecule is CC(C)CCN(C[C@@H](O)[C@H](Cc1ccccc1)NC(=O)[C@@H]1CS(=O)(=O)CC(=O)N1)C(=O)NC(C)(C)C.CC(C)CCN(C[C@@H](O)[C@H](Cc1ccccc1)NC(=O)[C@@H]1CSCC(=O)N1)C(=O)NC(C)(C)C. The molecule has 18 nitrogen and oxygen atoms in total. The fourth-order valence-corrected chi connectivity index (χ4v) is 9.57. The molecular weight excluding hydrogens is 937 g/mol. The Morgan fingerprint density at radius 1 is 0.671 bits per heavy atom. The van der Waals surface area contributed by atoms with Crippen molar-refractivity contribution in [3.63, 3.8) is 0 Å². The largest absolute Gasteiger partial charge is 0.389 e. The lowest BCUT2D eigenvalue weighted by Gasteiger charge is -2.33. The monoisotopic (exact) mass is 1020 g/mol. The zero-order valence-electron chi connectivity index (χ0n) is 42.7. The molecule has 0 unspecified atom stereocenters. The fraction of sp³-hybridized carbons (Fsp3) is 0.640. The molecular formula is C50H80N8O10S2. The molecule has 4 rings (SSSR count). The molecule has 70 heavy (non-hydrogen) atoms. The number of aliphatic hydroxyl groups is 2. The van der Waals surface area contributed by atoms with E-state index in [2.05, 4.69) is 45.7 Å². The van der Waals surface area contributed by atoms with E-state index < -0.39 is 80.6 Å². The summed E-state index contributed by atoms with van der Waals surface area (Å²) in [4.78, 5) is 78.5. The molecule has 2 aromatic carbocycles. The van der Waals surface area contributed by atoms with Gasteiger partial charge < -0.3 is 51.9 Å². The van der Waals surface area contributed by atoms with Gasteiger partial charge in [0.25, 0.3) is 0 Å². The van der Waals surface area contributed by atoms with Crippen molar-refractivity contribution in [3.05, 3.63) is 71.8 Å². The minimum Gasteiger partial charge on any atom is -0.389 e. The Hall–Kier alpha value is -4.92. The quantitative estimate of drug-likeness (QED) is 0.0957. The fourth-order valence-electron chi connectivity index (χ4n) is 7.37. The summed E-state index contributed by atoms with van der Waals surface area (Å²) in [6.07, 6.45) is 0.0367. The third kappa shape index (κ3) is 22.9. The maximum atomic E-state index is 13.0. The lowest BCUT2D eigenvalue weighted by Crippen LogP contribution is -2.60. The zero-order valence-corrected chi connectivity index (χ0v) is 44.4. The van der Waals surface area contributed by atoms with Crippen LogP contribution in [0.15, 0.2) is 60.7 Å². The van der Waals surface area contributed by atoms with Gasteiger partial charge in [0, 0.05) is 29.9 Å². The predicted octanol–water partition coefficient (Wildman–Crippen LogP) is 3.01. The highest BCUT2D eigenvalue weighted by Crippen LogP contribution is 2.16. The van der Waals surface area contributed by atoms with Crippen LogP contribution in [-0.4, -0.2) is 161 Å². The maximum Gasteiger partial charge on any atom is 0.317 e. The molecule has 2 aromatic rings. The van der Waals surface area contributed by atoms with Gasteiger partial charge in [0.15, 0.2) is 9.84 Å². The second-order valence-corrected chi connectivity index (χ2v) is 24.3. The number of carbonyl (C=O) groups is 6. The van der Waals surface area contributed by atoms with Crippen molar-refractivity contribution in [2.24, 2.45) is 11.8 Å². The number of carbonyl (C=O) groups excluding carboxylic acids is 6. The van der Waals surface area contributed by atoms with Gasteiger partial charge in [0.1, 0.15) is 17.8 Å². The van der Waals surface area contributed by atoms with Gasteiger partial charge in [-0.15, -0.1) is 11.8 Å². The summed E-state index contributed by atoms with van der Waals surface area (Å²) in [5, 5.41) is 39.1. The molecule has 0 spiro atoms. The molecule has 2 fully saturated rings. The Kier molecular flexibility index (Phi) is 23.4. The van der Waals surface area contributed by atoms with E-state index in [1.165, 1.54) is 16.7 Å². The number of hydrogen-bond donors (Lipinski definition) is 8. The second kappa shape index (κ2) is 27.6. The van der Waals surface area contributed by atoms with Crippen molar-refractivity contribution in [2.45, 2.75) is 142 Å². The molecule has 2 heterocycles. The number of rotatable bonds is 20. The summed E-state index contributed by atoms with van der Waals surface area (Å²) in [6, 6.07) is 14.9. The van der Waals surface area contributed by atoms with Gasteiger partial charge in [0.2, 0.25) is 23.6 Å². The van der Waals surface area contributed by atoms with Crippen molar-refractivity contribution in [1.29, 1.82) is 0 Å². The predicted molar refractivity (Wildman–Crippen MR) is 275 cm³/mol. The summed E-state index contributed by atoms with van der Waals surface area (Å²) < 4.78 is 24.0. The van der Waals surface area contributed by atoms with Crippen LogP contribution in [-0.2, 0) is 41.9 Å². The molecule has 0 radical (unpaired) electrons. The van der Waals surface area contributed by atoms with E-state index in [1.807, 2.05) is 116 Å². The van der Waals surface area contributed by atoms with E-state index in [1.54, 1.807) is 4.90 Å². The molecule has 0 aromatic heterocycles. The van der Waals surface area contributed by atoms with Crippen molar-refractivity contribution in [3.8, 4) is 0 Å². The number of thioether (sulfide) groups is 1. The van der Waals surface area contributed by atoms with E-state index in [0.717, 1.165) is 24.0 Å². The van der Waals surface area contributed by atoms with Crippen molar-refractivity contribution in [2.75, 3.05) is 49.2 Å². The molecule has 0 saturated carbocycles. The van der Waals surface area contributed by atoms with Gasteiger partial charge in [-0.2, -0.15) is 0 Å². The van der Waals surface area contributed by atoms with Crippen LogP contribution >= 0.6 is 11.8 Å². The number of benzene rings is 2. The molecule has 20 heteroatoms. The summed E-state index contributed by atoms with van der Waals surface area (Å²) in [6.45, 7) is 20.6. The van der Waals surface area contributed by atoms with E-state index >= 15 is 0 Å². The summed E-state index contributed by atoms with van der Waals surface area (Å²) in [5.41, 5.74) is 0.921. The second-order valence-electron chi connectivity index (χ2n) is 21.2. The van der Waals surface area contributed by atoms with Crippen LogP contribution in [0, 0.1) is 11.8 Å². The van der Waals surface area contributed by atoms with Gasteiger partial charge in [-0.05, 0) is 90.2 Å². The summed E-state index contributed by atoms with van der Waals surface area (Å²) in [7, 11) is -3.70. The molecule has 2 aliphatic heterocycles. The molecule has 392 valence electrons. The smallest absolute Gasteiger partial charge is 0.317 e. The normalized spacial score (nSPS) is 18.7. The van der Waals surface area contributed by atoms with Gasteiger partial charge in [-0.1, -0.05) is 88.4 Å². The van der Waals surface area contributed by atoms with Crippen LogP contribution < -0.4 is 31.9 Å². The van der Waals surface area contributed by atoms with Crippen molar-refractivity contribution >= 4 is 57.3 Å². The maximum absolute atomic E-state index is 13.0. The number of amides is 8. The van der Waals surface area contributed by atoms with Crippen molar-refractivity contribution in [1.82, 2.24) is 41.7 Å². The summed E-state index contributed by atoms with van der Waals surface area (Å²) in [5.74, 6) is -1.52. The zero-order chi connectivity index (χ0) is 52.4. The molecule has 2 aliphatic rings. The molecule has 6 atom stereocenters. The van der Waals surface area contributed by atoms with Gasteiger partial charge >= 0.3 is 12.1 Å². The highest BCUT2D eigenvalue weighted by atomic mass is 32.2. The summed E-state index contributed by atoms with van der Waals surface area (Å²) >= 11 is 1.41. The van der Waals surface area contributed by atoms with E-state index in [4.69, 9.17) is 0 Å². The molecule has 8 amide bonds. The highest BCUT2D eigenvalue weighted by molar-refractivity contribution is 8.00. The van der Waals surface area contributed by atoms with E-state index in [-0.39, 0.29) is 43.4 Å². The van der Waals surface area contributed by atoms with Gasteiger partial charge in [-0.3, -0.25) is 19.2 Å². The van der Waals surface area contributed by atoms with Crippen LogP contribution in [0.5, 0.6) is 0 Å². The van der Waals surface area contributed by atoms with E-state index in [9.17, 15) is 47.4 Å². The van der Waals surface area contributed by atoms with E-state index in [0.29, 0.717) is 42.9 Å². The number of urea groups is 2. The first-order chi connectivity index (χ1) is 32.6. The van der Waals surface area contributed by atoms with Gasteiger partial charge in [-0.25, -0.2) is 18.0 Å². The minimum atomic E-state index is -3.70. The van der Waals surface area contributed by atoms with Crippen LogP contribution in [0.4, 0.5) is 9.59 Å². The van der Waals surface area contributed by atoms with Crippen LogP contribution in [0.1, 0.15) is 93.2 Å². The number of nitrogens with one attached hydrogen (secondary N) is 6. The van der Waals surface area contributed by atoms with Gasteiger partial charge in [0.05, 0.1) is 48.9 Å². The highest BCUT2D eigenvalue weighted by Gasteiger charge is 2.37. The Morgan fingerprint density at radius 2 is 1.07 bits per heavy atom. The Morgan fingerprint density at radius 3 is 1.44 bits per heavy atom. The molecule has 0 bridgehead atoms. The molecule has 2 saturated heterocycles. The molecule has 0 aliphatic carbocycles. The van der Waals surface area contributed by atoms with Crippen LogP contribution in [0.3, 0.4) is 0 Å². The van der Waals surface area contributed by atoms with Crippen molar-refractivity contribution < 1.29 is 47.4 Å². The number of sulfone groups is 1. The topological polar surface area (TPSA) is 256 Å². The Balaban J connectivity index is 0.000000371. The Labute approximate surface area is 419 Å². The average molecular weight is 1020 g/mol. The number of hydrogen-bond acceptors (Lipinski definition) is 11. The third-order valence-corrected chi connectivity index (χ3v) is 13.7. The first-order valence-corrected chi connectivity index (χ1v) is 27.1. The molecule has 8 N–H and O–H groups in total. The lowest BCUT2D eigenvalue weighted by molar-refractivity contribution is -0.128. The third-order valence-electron chi connectivity index (χ3n) is 11.1. The number of aliphatic hydroxyl groups excluding tert-OH is 2. The first-order valence-electron chi connectivity index (χ1n) is 24.2. The minimum absolute atomic E-state index is 0.0399. The Bertz CT molecular complexity index is 2120. The number of nitrogens with zero attached hydrogens (tertiary/aromatic N) is 2. The van der Waals surface area contributed by atoms with Crippen LogP contribution in [0.2, 0.25) is 0 Å². The van der Waals surface area contributed by atoms with Crippen LogP contribution in [0.25, 0.3) is 0 Å².